The van der Waals surface area contributed by atoms with Crippen molar-refractivity contribution in [2.24, 2.45) is 0 Å². The van der Waals surface area contributed by atoms with Crippen LogP contribution in [0.25, 0.3) is 11.4 Å². The molecule has 9 heteroatoms. The molecule has 0 fully saturated rings. The van der Waals surface area contributed by atoms with Crippen molar-refractivity contribution in [1.82, 2.24) is 19.7 Å². The van der Waals surface area contributed by atoms with Crippen LogP contribution in [0.1, 0.15) is 5.56 Å². The van der Waals surface area contributed by atoms with Crippen LogP contribution in [0.4, 0.5) is 5.69 Å². The Morgan fingerprint density at radius 1 is 1.32 bits per heavy atom. The van der Waals surface area contributed by atoms with E-state index in [1.54, 1.807) is 18.5 Å². The molecule has 3 rings (SSSR count). The highest BCUT2D eigenvalue weighted by Crippen LogP contribution is 2.32. The van der Waals surface area contributed by atoms with Crippen molar-refractivity contribution in [3.8, 4) is 11.4 Å². The lowest BCUT2D eigenvalue weighted by atomic mass is 10.2. The molecule has 0 aliphatic rings. The molecule has 0 bridgehead atoms. The maximum atomic E-state index is 12.5. The number of thioether (sulfide) groups is 1. The smallest absolute Gasteiger partial charge is 0.234 e. The van der Waals surface area contributed by atoms with Crippen molar-refractivity contribution in [2.45, 2.75) is 18.6 Å². The van der Waals surface area contributed by atoms with E-state index in [1.165, 1.54) is 11.8 Å². The zero-order valence-corrected chi connectivity index (χ0v) is 19.0. The van der Waals surface area contributed by atoms with E-state index in [2.05, 4.69) is 58.9 Å². The van der Waals surface area contributed by atoms with Crippen molar-refractivity contribution in [3.05, 3.63) is 63.8 Å². The molecule has 0 radical (unpaired) electrons. The van der Waals surface area contributed by atoms with Crippen LogP contribution in [0.2, 0.25) is 0 Å². The third-order valence-electron chi connectivity index (χ3n) is 3.73. The minimum atomic E-state index is -0.133. The molecule has 28 heavy (non-hydrogen) atoms. The van der Waals surface area contributed by atoms with Gasteiger partial charge < -0.3 is 5.32 Å². The molecule has 1 amide bonds. The van der Waals surface area contributed by atoms with E-state index < -0.39 is 0 Å². The van der Waals surface area contributed by atoms with Gasteiger partial charge in [0.15, 0.2) is 11.0 Å². The van der Waals surface area contributed by atoms with E-state index in [-0.39, 0.29) is 11.7 Å². The van der Waals surface area contributed by atoms with E-state index >= 15 is 0 Å². The Labute approximate surface area is 184 Å². The second-order valence-corrected chi connectivity index (χ2v) is 8.54. The van der Waals surface area contributed by atoms with Gasteiger partial charge >= 0.3 is 0 Å². The van der Waals surface area contributed by atoms with Crippen LogP contribution in [0, 0.1) is 6.92 Å². The number of nitrogens with zero attached hydrogens (tertiary/aromatic N) is 4. The molecule has 0 aliphatic heterocycles. The highest BCUT2D eigenvalue weighted by Gasteiger charge is 2.16. The molecular formula is C19H17Br2N5OS. The number of nitrogens with one attached hydrogen (secondary N) is 1. The lowest BCUT2D eigenvalue weighted by Crippen LogP contribution is -2.15. The number of carbonyl (C=O) groups is 1. The van der Waals surface area contributed by atoms with E-state index in [1.807, 2.05) is 35.8 Å². The molecule has 0 unspecified atom stereocenters. The summed E-state index contributed by atoms with van der Waals surface area (Å²) < 4.78 is 3.57. The largest absolute Gasteiger partial charge is 0.323 e. The summed E-state index contributed by atoms with van der Waals surface area (Å²) in [6, 6.07) is 7.67. The van der Waals surface area contributed by atoms with Gasteiger partial charge in [0.2, 0.25) is 5.91 Å². The normalized spacial score (nSPS) is 10.7. The van der Waals surface area contributed by atoms with Crippen LogP contribution in [-0.2, 0) is 11.3 Å². The number of halogens is 2. The lowest BCUT2D eigenvalue weighted by Gasteiger charge is -2.11. The first-order chi connectivity index (χ1) is 13.5. The summed E-state index contributed by atoms with van der Waals surface area (Å²) in [5, 5.41) is 12.1. The third-order valence-corrected chi connectivity index (χ3v) is 5.95. The quantitative estimate of drug-likeness (QED) is 0.345. The van der Waals surface area contributed by atoms with Gasteiger partial charge in [-0.1, -0.05) is 17.8 Å². The van der Waals surface area contributed by atoms with Crippen LogP contribution < -0.4 is 5.32 Å². The van der Waals surface area contributed by atoms with Crippen molar-refractivity contribution >= 4 is 55.2 Å². The summed E-state index contributed by atoms with van der Waals surface area (Å²) in [6.45, 7) is 6.33. The monoisotopic (exact) mass is 521 g/mol. The zero-order valence-electron chi connectivity index (χ0n) is 15.0. The average Bonchev–Trinajstić information content (AvgIpc) is 3.07. The molecular weight excluding hydrogens is 506 g/mol. The molecule has 0 spiro atoms. The second kappa shape index (κ2) is 9.49. The molecule has 1 N–H and O–H groups in total. The standard InChI is InChI=1S/C19H17Br2N5OS/c1-3-7-26-18(13-5-4-6-22-10-13)24-25-19(26)28-11-16(27)23-17-14(20)8-12(2)9-15(17)21/h3-6,8-10H,1,7,11H2,2H3,(H,23,27). The molecule has 2 heterocycles. The van der Waals surface area contributed by atoms with Gasteiger partial charge in [0.05, 0.1) is 11.4 Å². The topological polar surface area (TPSA) is 72.7 Å². The Balaban J connectivity index is 1.73. The Hall–Kier alpha value is -1.97. The molecule has 3 aromatic rings. The first-order valence-corrected chi connectivity index (χ1v) is 10.9. The average molecular weight is 523 g/mol. The minimum absolute atomic E-state index is 0.133. The van der Waals surface area contributed by atoms with Gasteiger partial charge in [-0.3, -0.25) is 14.3 Å². The summed E-state index contributed by atoms with van der Waals surface area (Å²) in [7, 11) is 0. The SMILES string of the molecule is C=CCn1c(SCC(=O)Nc2c(Br)cc(C)cc2Br)nnc1-c1cccnc1. The van der Waals surface area contributed by atoms with E-state index in [4.69, 9.17) is 0 Å². The highest BCUT2D eigenvalue weighted by molar-refractivity contribution is 9.11. The number of pyridine rings is 1. The van der Waals surface area contributed by atoms with Crippen LogP contribution in [-0.4, -0.2) is 31.4 Å². The number of aryl methyl sites for hydroxylation is 1. The number of aromatic nitrogens is 4. The Bertz CT molecular complexity index is 984. The van der Waals surface area contributed by atoms with E-state index in [9.17, 15) is 4.79 Å². The van der Waals surface area contributed by atoms with Crippen molar-refractivity contribution in [2.75, 3.05) is 11.1 Å². The van der Waals surface area contributed by atoms with Gasteiger partial charge in [-0.15, -0.1) is 16.8 Å². The van der Waals surface area contributed by atoms with Gasteiger partial charge in [-0.2, -0.15) is 0 Å². The third kappa shape index (κ3) is 4.89. The highest BCUT2D eigenvalue weighted by atomic mass is 79.9. The molecule has 0 saturated carbocycles. The van der Waals surface area contributed by atoms with Gasteiger partial charge in [0, 0.05) is 33.4 Å². The zero-order chi connectivity index (χ0) is 20.1. The maximum Gasteiger partial charge on any atom is 0.234 e. The Morgan fingerprint density at radius 2 is 2.07 bits per heavy atom. The molecule has 6 nitrogen and oxygen atoms in total. The fourth-order valence-electron chi connectivity index (χ4n) is 2.52. The van der Waals surface area contributed by atoms with Crippen LogP contribution in [0.15, 0.2) is 63.4 Å². The summed E-state index contributed by atoms with van der Waals surface area (Å²) >= 11 is 8.30. The minimum Gasteiger partial charge on any atom is -0.323 e. The van der Waals surface area contributed by atoms with Crippen molar-refractivity contribution < 1.29 is 4.79 Å². The van der Waals surface area contributed by atoms with Crippen molar-refractivity contribution in [3.63, 3.8) is 0 Å². The molecule has 0 atom stereocenters. The predicted octanol–water partition coefficient (Wildman–Crippen LogP) is 5.09. The molecule has 2 aromatic heterocycles. The number of hydrogen-bond donors (Lipinski definition) is 1. The summed E-state index contributed by atoms with van der Waals surface area (Å²) in [5.41, 5.74) is 2.66. The first kappa shape index (κ1) is 20.8. The van der Waals surface area contributed by atoms with Crippen LogP contribution in [0.5, 0.6) is 0 Å². The number of allylic oxidation sites excluding steroid dienone is 1. The fourth-order valence-corrected chi connectivity index (χ4v) is 4.88. The van der Waals surface area contributed by atoms with Gasteiger partial charge in [-0.25, -0.2) is 0 Å². The summed E-state index contributed by atoms with van der Waals surface area (Å²) in [4.78, 5) is 16.6. The van der Waals surface area contributed by atoms with E-state index in [0.29, 0.717) is 23.2 Å². The molecule has 0 aliphatic carbocycles. The molecule has 0 saturated heterocycles. The number of anilines is 1. The molecule has 1 aromatic carbocycles. The number of benzene rings is 1. The fraction of sp³-hybridized carbons (Fsp3) is 0.158. The summed E-state index contributed by atoms with van der Waals surface area (Å²) in [5.74, 6) is 0.765. The number of rotatable bonds is 7. The summed E-state index contributed by atoms with van der Waals surface area (Å²) in [6.07, 6.45) is 5.21. The number of amides is 1. The number of hydrogen-bond acceptors (Lipinski definition) is 5. The number of carbonyl (C=O) groups excluding carboxylic acids is 1. The van der Waals surface area contributed by atoms with Crippen LogP contribution >= 0.6 is 43.6 Å². The van der Waals surface area contributed by atoms with Crippen molar-refractivity contribution in [1.29, 1.82) is 0 Å². The molecule has 144 valence electrons. The predicted molar refractivity (Wildman–Crippen MR) is 119 cm³/mol. The Morgan fingerprint density at radius 3 is 2.71 bits per heavy atom. The second-order valence-electron chi connectivity index (χ2n) is 5.89. The maximum absolute atomic E-state index is 12.5. The lowest BCUT2D eigenvalue weighted by molar-refractivity contribution is -0.113. The van der Waals surface area contributed by atoms with Crippen LogP contribution in [0.3, 0.4) is 0 Å². The van der Waals surface area contributed by atoms with Gasteiger partial charge in [-0.05, 0) is 68.6 Å². The van der Waals surface area contributed by atoms with E-state index in [0.717, 1.165) is 20.1 Å². The Kier molecular flexibility index (Phi) is 7.03. The first-order valence-electron chi connectivity index (χ1n) is 8.32. The van der Waals surface area contributed by atoms with Gasteiger partial charge in [0.25, 0.3) is 0 Å². The van der Waals surface area contributed by atoms with Gasteiger partial charge in [0.1, 0.15) is 0 Å².